The Labute approximate surface area is 58.7 Å². The molecule has 0 aliphatic carbocycles. The van der Waals surface area contributed by atoms with Gasteiger partial charge in [0.05, 0.1) is 11.6 Å². The van der Waals surface area contributed by atoms with E-state index in [0.717, 1.165) is 10.3 Å². The van der Waals surface area contributed by atoms with Crippen LogP contribution in [-0.2, 0) is 0 Å². The van der Waals surface area contributed by atoms with Crippen molar-refractivity contribution >= 4 is 0 Å². The molecule has 0 aromatic carbocycles. The second-order valence-corrected chi connectivity index (χ2v) is 2.03. The lowest BCUT2D eigenvalue weighted by Crippen LogP contribution is -2.28. The number of aromatic nitrogens is 1. The van der Waals surface area contributed by atoms with Crippen LogP contribution >= 0.6 is 0 Å². The highest BCUT2D eigenvalue weighted by Crippen LogP contribution is 1.99. The van der Waals surface area contributed by atoms with Crippen LogP contribution in [0.4, 0.5) is 0 Å². The fraction of sp³-hybridized carbons (Fsp3) is 0.143. The summed E-state index contributed by atoms with van der Waals surface area (Å²) in [5, 5.41) is 17.3. The standard InChI is InChI=1S/C7H7N2O/c1-6-5-9(10)3-2-7(6)4-8/h2-3,5,10H,1H3/q+1. The molecule has 0 saturated heterocycles. The van der Waals surface area contributed by atoms with Crippen LogP contribution in [0.1, 0.15) is 11.1 Å². The molecular weight excluding hydrogens is 128 g/mol. The molecule has 0 fully saturated rings. The number of pyridine rings is 1. The lowest BCUT2D eigenvalue weighted by molar-refractivity contribution is -0.905. The van der Waals surface area contributed by atoms with Crippen LogP contribution in [-0.4, -0.2) is 5.21 Å². The lowest BCUT2D eigenvalue weighted by Gasteiger charge is -1.88. The number of hydrogen-bond acceptors (Lipinski definition) is 2. The quantitative estimate of drug-likeness (QED) is 0.413. The Bertz CT molecular complexity index is 288. The Kier molecular flexibility index (Phi) is 1.55. The number of nitrogens with zero attached hydrogens (tertiary/aromatic N) is 2. The summed E-state index contributed by atoms with van der Waals surface area (Å²) in [6, 6.07) is 3.56. The van der Waals surface area contributed by atoms with E-state index in [2.05, 4.69) is 0 Å². The minimum atomic E-state index is 0.588. The summed E-state index contributed by atoms with van der Waals surface area (Å²) in [6.45, 7) is 1.77. The maximum atomic E-state index is 8.84. The summed E-state index contributed by atoms with van der Waals surface area (Å²) in [5.74, 6) is 0. The number of aryl methyl sites for hydroxylation is 1. The molecule has 1 N–H and O–H groups in total. The van der Waals surface area contributed by atoms with E-state index in [1.54, 1.807) is 13.0 Å². The fourth-order valence-corrected chi connectivity index (χ4v) is 0.719. The minimum Gasteiger partial charge on any atom is -0.285 e. The maximum Gasteiger partial charge on any atom is 0.226 e. The third-order valence-corrected chi connectivity index (χ3v) is 1.27. The molecule has 50 valence electrons. The Morgan fingerprint density at radius 3 is 2.90 bits per heavy atom. The van der Waals surface area contributed by atoms with E-state index in [9.17, 15) is 0 Å². The van der Waals surface area contributed by atoms with E-state index < -0.39 is 0 Å². The summed E-state index contributed by atoms with van der Waals surface area (Å²) in [7, 11) is 0. The molecule has 1 aromatic heterocycles. The fourth-order valence-electron chi connectivity index (χ4n) is 0.719. The van der Waals surface area contributed by atoms with Gasteiger partial charge in [0.25, 0.3) is 0 Å². The first-order valence-corrected chi connectivity index (χ1v) is 2.85. The molecule has 0 radical (unpaired) electrons. The normalized spacial score (nSPS) is 8.80. The van der Waals surface area contributed by atoms with Crippen LogP contribution in [0.2, 0.25) is 0 Å². The molecule has 0 spiro atoms. The summed E-state index contributed by atoms with van der Waals surface area (Å²) in [6.07, 6.45) is 2.91. The third-order valence-electron chi connectivity index (χ3n) is 1.27. The average Bonchev–Trinajstić information content (AvgIpc) is 1.88. The summed E-state index contributed by atoms with van der Waals surface area (Å²) >= 11 is 0. The molecule has 0 aliphatic rings. The van der Waals surface area contributed by atoms with E-state index in [0.29, 0.717) is 5.56 Å². The molecule has 0 bridgehead atoms. The highest BCUT2D eigenvalue weighted by molar-refractivity contribution is 5.32. The maximum absolute atomic E-state index is 8.84. The predicted molar refractivity (Wildman–Crippen MR) is 33.3 cm³/mol. The highest BCUT2D eigenvalue weighted by atomic mass is 16.5. The molecule has 3 nitrogen and oxygen atoms in total. The van der Waals surface area contributed by atoms with Gasteiger partial charge in [-0.3, -0.25) is 5.21 Å². The smallest absolute Gasteiger partial charge is 0.226 e. The zero-order chi connectivity index (χ0) is 7.56. The number of nitriles is 1. The Morgan fingerprint density at radius 2 is 2.40 bits per heavy atom. The Morgan fingerprint density at radius 1 is 1.70 bits per heavy atom. The SMILES string of the molecule is Cc1c[n+](O)ccc1C#N. The van der Waals surface area contributed by atoms with Gasteiger partial charge in [0.1, 0.15) is 0 Å². The van der Waals surface area contributed by atoms with Gasteiger partial charge in [-0.05, 0) is 6.92 Å². The molecule has 1 aromatic rings. The van der Waals surface area contributed by atoms with Crippen molar-refractivity contribution in [3.8, 4) is 6.07 Å². The van der Waals surface area contributed by atoms with Gasteiger partial charge in [-0.25, -0.2) is 0 Å². The number of hydrogen-bond donors (Lipinski definition) is 1. The van der Waals surface area contributed by atoms with E-state index in [1.165, 1.54) is 12.4 Å². The van der Waals surface area contributed by atoms with Crippen LogP contribution in [0.5, 0.6) is 0 Å². The van der Waals surface area contributed by atoms with E-state index in [1.807, 2.05) is 6.07 Å². The van der Waals surface area contributed by atoms with Crippen molar-refractivity contribution < 1.29 is 9.94 Å². The Hall–Kier alpha value is -1.56. The first-order chi connectivity index (χ1) is 4.74. The first kappa shape index (κ1) is 6.56. The zero-order valence-corrected chi connectivity index (χ0v) is 5.57. The van der Waals surface area contributed by atoms with Crippen molar-refractivity contribution in [2.45, 2.75) is 6.92 Å². The molecule has 1 rings (SSSR count). The van der Waals surface area contributed by atoms with Crippen molar-refractivity contribution in [1.82, 2.24) is 0 Å². The Balaban J connectivity index is 3.23. The summed E-state index contributed by atoms with van der Waals surface area (Å²) in [4.78, 5) is 0. The van der Waals surface area contributed by atoms with Gasteiger partial charge in [-0.15, -0.1) is 0 Å². The molecule has 3 heteroatoms. The van der Waals surface area contributed by atoms with Crippen molar-refractivity contribution in [2.24, 2.45) is 0 Å². The molecular formula is C7H7N2O+. The third kappa shape index (κ3) is 1.06. The topological polar surface area (TPSA) is 47.9 Å². The van der Waals surface area contributed by atoms with Crippen molar-refractivity contribution in [2.75, 3.05) is 0 Å². The zero-order valence-electron chi connectivity index (χ0n) is 5.57. The van der Waals surface area contributed by atoms with Crippen LogP contribution in [0.15, 0.2) is 18.5 Å². The highest BCUT2D eigenvalue weighted by Gasteiger charge is 2.01. The van der Waals surface area contributed by atoms with Crippen LogP contribution in [0.3, 0.4) is 0 Å². The van der Waals surface area contributed by atoms with Gasteiger partial charge in [0.15, 0.2) is 0 Å². The largest absolute Gasteiger partial charge is 0.285 e. The van der Waals surface area contributed by atoms with Gasteiger partial charge in [-0.1, -0.05) is 0 Å². The van der Waals surface area contributed by atoms with Crippen LogP contribution in [0.25, 0.3) is 0 Å². The first-order valence-electron chi connectivity index (χ1n) is 2.85. The molecule has 0 amide bonds. The average molecular weight is 135 g/mol. The molecule has 0 saturated carbocycles. The molecule has 0 unspecified atom stereocenters. The predicted octanol–water partition coefficient (Wildman–Crippen LogP) is 0.392. The van der Waals surface area contributed by atoms with Gasteiger partial charge in [-0.2, -0.15) is 5.26 Å². The van der Waals surface area contributed by atoms with Crippen molar-refractivity contribution in [1.29, 1.82) is 5.26 Å². The number of rotatable bonds is 0. The second kappa shape index (κ2) is 2.36. The molecule has 0 atom stereocenters. The summed E-state index contributed by atoms with van der Waals surface area (Å²) < 4.78 is 0.927. The van der Waals surface area contributed by atoms with Gasteiger partial charge in [0.2, 0.25) is 12.4 Å². The molecule has 10 heavy (non-hydrogen) atoms. The lowest BCUT2D eigenvalue weighted by atomic mass is 10.2. The van der Waals surface area contributed by atoms with Gasteiger partial charge >= 0.3 is 0 Å². The molecule has 1 heterocycles. The second-order valence-electron chi connectivity index (χ2n) is 2.03. The van der Waals surface area contributed by atoms with Crippen LogP contribution in [0, 0.1) is 18.3 Å². The van der Waals surface area contributed by atoms with Crippen LogP contribution < -0.4 is 4.73 Å². The molecule has 0 aliphatic heterocycles. The minimum absolute atomic E-state index is 0.588. The monoisotopic (exact) mass is 135 g/mol. The van der Waals surface area contributed by atoms with E-state index >= 15 is 0 Å². The van der Waals surface area contributed by atoms with Crippen molar-refractivity contribution in [3.63, 3.8) is 0 Å². The van der Waals surface area contributed by atoms with Gasteiger partial charge in [0, 0.05) is 16.4 Å². The summed E-state index contributed by atoms with van der Waals surface area (Å²) in [5.41, 5.74) is 1.36. The van der Waals surface area contributed by atoms with Crippen molar-refractivity contribution in [3.05, 3.63) is 29.6 Å². The van der Waals surface area contributed by atoms with E-state index in [4.69, 9.17) is 10.5 Å². The van der Waals surface area contributed by atoms with E-state index in [-0.39, 0.29) is 0 Å². The van der Waals surface area contributed by atoms with Gasteiger partial charge < -0.3 is 0 Å².